The number of nitrogens with zero attached hydrogens (tertiary/aromatic N) is 2. The van der Waals surface area contributed by atoms with E-state index < -0.39 is 0 Å². The molecule has 3 rings (SSSR count). The fraction of sp³-hybridized carbons (Fsp3) is 0.533. The lowest BCUT2D eigenvalue weighted by Gasteiger charge is -2.44. The summed E-state index contributed by atoms with van der Waals surface area (Å²) in [6.45, 7) is 0.618. The first-order chi connectivity index (χ1) is 9.66. The number of benzene rings is 1. The van der Waals surface area contributed by atoms with Crippen molar-refractivity contribution in [3.05, 3.63) is 30.1 Å². The molecule has 1 fully saturated rings. The summed E-state index contributed by atoms with van der Waals surface area (Å²) in [7, 11) is 1.73. The third-order valence-corrected chi connectivity index (χ3v) is 4.44. The number of guanidine groups is 1. The van der Waals surface area contributed by atoms with Crippen LogP contribution in [0.25, 0.3) is 0 Å². The first kappa shape index (κ1) is 13.4. The molecule has 5 heteroatoms. The molecule has 0 saturated heterocycles. The van der Waals surface area contributed by atoms with E-state index in [9.17, 15) is 4.39 Å². The number of rotatable bonds is 2. The minimum absolute atomic E-state index is 0.194. The molecule has 0 amide bonds. The third kappa shape index (κ3) is 2.06. The van der Waals surface area contributed by atoms with Gasteiger partial charge >= 0.3 is 0 Å². The monoisotopic (exact) mass is 277 g/mol. The highest BCUT2D eigenvalue weighted by Gasteiger charge is 2.47. The smallest absolute Gasteiger partial charge is 0.196 e. The van der Waals surface area contributed by atoms with Crippen LogP contribution >= 0.6 is 0 Å². The highest BCUT2D eigenvalue weighted by atomic mass is 19.1. The summed E-state index contributed by atoms with van der Waals surface area (Å²) in [5, 5.41) is 0. The fourth-order valence-corrected chi connectivity index (χ4v) is 3.46. The number of nitrogens with two attached hydrogens (primary N) is 1. The summed E-state index contributed by atoms with van der Waals surface area (Å²) in [5.74, 6) is 0.151. The molecule has 4 nitrogen and oxygen atoms in total. The zero-order chi connectivity index (χ0) is 14.2. The van der Waals surface area contributed by atoms with Gasteiger partial charge in [-0.2, -0.15) is 0 Å². The third-order valence-electron chi connectivity index (χ3n) is 4.44. The molecule has 1 saturated carbocycles. The van der Waals surface area contributed by atoms with Crippen LogP contribution in [-0.4, -0.2) is 31.3 Å². The summed E-state index contributed by atoms with van der Waals surface area (Å²) in [4.78, 5) is 6.26. The van der Waals surface area contributed by atoms with Gasteiger partial charge in [0, 0.05) is 7.11 Å². The molecule has 108 valence electrons. The normalized spacial score (nSPS) is 29.8. The number of halogens is 1. The predicted molar refractivity (Wildman–Crippen MR) is 77.4 cm³/mol. The number of hydrogen-bond acceptors (Lipinski definition) is 4. The Morgan fingerprint density at radius 2 is 2.25 bits per heavy atom. The number of aliphatic imine (C=N–C) groups is 1. The predicted octanol–water partition coefficient (Wildman–Crippen LogP) is 2.29. The second-order valence-corrected chi connectivity index (χ2v) is 5.64. The van der Waals surface area contributed by atoms with Crippen molar-refractivity contribution in [3.8, 4) is 0 Å². The molecule has 20 heavy (non-hydrogen) atoms. The molecule has 1 heterocycles. The molecule has 0 bridgehead atoms. The molecule has 2 unspecified atom stereocenters. The fourth-order valence-electron chi connectivity index (χ4n) is 3.46. The van der Waals surface area contributed by atoms with Gasteiger partial charge in [-0.1, -0.05) is 12.1 Å². The minimum atomic E-state index is -0.258. The van der Waals surface area contributed by atoms with Crippen LogP contribution in [0.1, 0.15) is 25.7 Å². The first-order valence-electron chi connectivity index (χ1n) is 7.04. The summed E-state index contributed by atoms with van der Waals surface area (Å²) in [6.07, 6.45) is 4.09. The lowest BCUT2D eigenvalue weighted by Crippen LogP contribution is -2.55. The van der Waals surface area contributed by atoms with Gasteiger partial charge < -0.3 is 15.4 Å². The quantitative estimate of drug-likeness (QED) is 0.902. The highest BCUT2D eigenvalue weighted by molar-refractivity contribution is 5.98. The van der Waals surface area contributed by atoms with Crippen LogP contribution in [-0.2, 0) is 4.74 Å². The van der Waals surface area contributed by atoms with Crippen LogP contribution in [0, 0.1) is 5.82 Å². The summed E-state index contributed by atoms with van der Waals surface area (Å²) in [5.41, 5.74) is 6.33. The van der Waals surface area contributed by atoms with Crippen LogP contribution in [0.4, 0.5) is 10.1 Å². The van der Waals surface area contributed by atoms with E-state index in [4.69, 9.17) is 10.5 Å². The van der Waals surface area contributed by atoms with Gasteiger partial charge in [-0.15, -0.1) is 0 Å². The summed E-state index contributed by atoms with van der Waals surface area (Å²) < 4.78 is 19.7. The number of methoxy groups -OCH3 is 1. The zero-order valence-corrected chi connectivity index (χ0v) is 11.7. The van der Waals surface area contributed by atoms with E-state index in [-0.39, 0.29) is 17.5 Å². The second-order valence-electron chi connectivity index (χ2n) is 5.64. The maximum Gasteiger partial charge on any atom is 0.196 e. The molecule has 2 N–H and O–H groups in total. The molecular formula is C15H20FN3O. The molecule has 1 aromatic rings. The van der Waals surface area contributed by atoms with Gasteiger partial charge in [0.1, 0.15) is 5.82 Å². The van der Waals surface area contributed by atoms with E-state index in [1.54, 1.807) is 19.2 Å². The Morgan fingerprint density at radius 3 is 3.00 bits per heavy atom. The van der Waals surface area contributed by atoms with Crippen molar-refractivity contribution in [2.45, 2.75) is 37.3 Å². The lowest BCUT2D eigenvalue weighted by molar-refractivity contribution is 0.0458. The topological polar surface area (TPSA) is 50.9 Å². The molecule has 1 aromatic carbocycles. The van der Waals surface area contributed by atoms with E-state index in [1.165, 1.54) is 6.07 Å². The van der Waals surface area contributed by atoms with Crippen LogP contribution in [0.3, 0.4) is 0 Å². The molecular weight excluding hydrogens is 257 g/mol. The van der Waals surface area contributed by atoms with Crippen molar-refractivity contribution in [2.24, 2.45) is 10.7 Å². The number of ether oxygens (including phenoxy) is 1. The second kappa shape index (κ2) is 5.05. The molecule has 0 radical (unpaired) electrons. The maximum atomic E-state index is 14.1. The number of anilines is 1. The van der Waals surface area contributed by atoms with Crippen molar-refractivity contribution in [1.29, 1.82) is 0 Å². The average Bonchev–Trinajstić information content (AvgIpc) is 2.76. The van der Waals surface area contributed by atoms with E-state index in [2.05, 4.69) is 4.99 Å². The Labute approximate surface area is 118 Å². The van der Waals surface area contributed by atoms with Crippen LogP contribution < -0.4 is 10.6 Å². The number of para-hydroxylation sites is 1. The highest BCUT2D eigenvalue weighted by Crippen LogP contribution is 2.41. The molecule has 1 aliphatic carbocycles. The Balaban J connectivity index is 1.98. The van der Waals surface area contributed by atoms with E-state index in [0.29, 0.717) is 18.2 Å². The minimum Gasteiger partial charge on any atom is -0.381 e. The largest absolute Gasteiger partial charge is 0.381 e. The van der Waals surface area contributed by atoms with Crippen LogP contribution in [0.5, 0.6) is 0 Å². The van der Waals surface area contributed by atoms with Crippen LogP contribution in [0.15, 0.2) is 29.3 Å². The van der Waals surface area contributed by atoms with Crippen molar-refractivity contribution in [2.75, 3.05) is 18.6 Å². The van der Waals surface area contributed by atoms with Crippen molar-refractivity contribution >= 4 is 11.6 Å². The lowest BCUT2D eigenvalue weighted by atomic mass is 9.79. The summed E-state index contributed by atoms with van der Waals surface area (Å²) in [6, 6.07) is 6.74. The molecule has 2 aliphatic rings. The van der Waals surface area contributed by atoms with Gasteiger partial charge in [0.2, 0.25) is 0 Å². The van der Waals surface area contributed by atoms with Gasteiger partial charge in [-0.05, 0) is 37.8 Å². The molecule has 1 aliphatic heterocycles. The Kier molecular flexibility index (Phi) is 3.38. The Hall–Kier alpha value is -1.62. The van der Waals surface area contributed by atoms with E-state index >= 15 is 0 Å². The van der Waals surface area contributed by atoms with Gasteiger partial charge in [-0.25, -0.2) is 4.39 Å². The Bertz CT molecular complexity index is 534. The Morgan fingerprint density at radius 1 is 1.45 bits per heavy atom. The van der Waals surface area contributed by atoms with Crippen molar-refractivity contribution < 1.29 is 9.13 Å². The zero-order valence-electron chi connectivity index (χ0n) is 11.7. The molecule has 1 spiro atoms. The average molecular weight is 277 g/mol. The summed E-state index contributed by atoms with van der Waals surface area (Å²) >= 11 is 0. The van der Waals surface area contributed by atoms with E-state index in [1.807, 2.05) is 11.0 Å². The van der Waals surface area contributed by atoms with Crippen molar-refractivity contribution in [1.82, 2.24) is 0 Å². The maximum absolute atomic E-state index is 14.1. The SMILES string of the molecule is COC1CCCC2(CN=C(N)N2c2ccccc2F)C1. The van der Waals surface area contributed by atoms with Crippen LogP contribution in [0.2, 0.25) is 0 Å². The standard InChI is InChI=1S/C15H20FN3O/c1-20-11-5-4-8-15(9-11)10-18-14(17)19(15)13-7-3-2-6-12(13)16/h2-3,6-7,11H,4-5,8-10H2,1H3,(H2,17,18). The number of hydrogen-bond donors (Lipinski definition) is 1. The van der Waals surface area contributed by atoms with Crippen molar-refractivity contribution in [3.63, 3.8) is 0 Å². The van der Waals surface area contributed by atoms with E-state index in [0.717, 1.165) is 25.7 Å². The van der Waals surface area contributed by atoms with Gasteiger partial charge in [0.05, 0.1) is 23.9 Å². The molecule has 2 atom stereocenters. The van der Waals surface area contributed by atoms with Gasteiger partial charge in [0.25, 0.3) is 0 Å². The molecule has 0 aromatic heterocycles. The van der Waals surface area contributed by atoms with Gasteiger partial charge in [-0.3, -0.25) is 4.99 Å². The first-order valence-corrected chi connectivity index (χ1v) is 7.04. The van der Waals surface area contributed by atoms with Gasteiger partial charge in [0.15, 0.2) is 5.96 Å².